The van der Waals surface area contributed by atoms with Crippen molar-refractivity contribution in [2.75, 3.05) is 11.9 Å². The topological polar surface area (TPSA) is 58.1 Å². The lowest BCUT2D eigenvalue weighted by Crippen LogP contribution is -2.28. The average Bonchev–Trinajstić information content (AvgIpc) is 2.99. The Morgan fingerprint density at radius 1 is 1.03 bits per heavy atom. The zero-order valence-corrected chi connectivity index (χ0v) is 17.8. The first-order valence-electron chi connectivity index (χ1n) is 10.7. The Bertz CT molecular complexity index is 1290. The summed E-state index contributed by atoms with van der Waals surface area (Å²) >= 11 is 0. The van der Waals surface area contributed by atoms with E-state index in [1.54, 1.807) is 11.8 Å². The van der Waals surface area contributed by atoms with Crippen LogP contribution in [-0.2, 0) is 11.3 Å². The predicted octanol–water partition coefficient (Wildman–Crippen LogP) is 5.34. The molecule has 0 fully saturated rings. The SMILES string of the molecule is CC(=O)N1CCC(Nc2nc(-c3ccccc3)nc3ccccc23)c2ccc(F)cc2C1. The van der Waals surface area contributed by atoms with Crippen molar-refractivity contribution in [3.05, 3.63) is 89.7 Å². The number of rotatable bonds is 3. The third-order valence-corrected chi connectivity index (χ3v) is 5.92. The summed E-state index contributed by atoms with van der Waals surface area (Å²) in [6.07, 6.45) is 0.692. The molecule has 0 aliphatic carbocycles. The number of carbonyl (C=O) groups is 1. The first kappa shape index (κ1) is 20.1. The number of hydrogen-bond acceptors (Lipinski definition) is 4. The van der Waals surface area contributed by atoms with Crippen molar-refractivity contribution in [3.63, 3.8) is 0 Å². The molecule has 5 rings (SSSR count). The van der Waals surface area contributed by atoms with Gasteiger partial charge in [0.25, 0.3) is 0 Å². The van der Waals surface area contributed by atoms with Gasteiger partial charge in [-0.1, -0.05) is 48.5 Å². The highest BCUT2D eigenvalue weighted by Gasteiger charge is 2.25. The zero-order valence-electron chi connectivity index (χ0n) is 17.8. The van der Waals surface area contributed by atoms with Crippen LogP contribution < -0.4 is 5.32 Å². The molecule has 1 aliphatic rings. The van der Waals surface area contributed by atoms with Crippen LogP contribution in [0.4, 0.5) is 10.2 Å². The molecule has 1 aromatic heterocycles. The number of hydrogen-bond donors (Lipinski definition) is 1. The highest BCUT2D eigenvalue weighted by atomic mass is 19.1. The van der Waals surface area contributed by atoms with Crippen LogP contribution in [0.5, 0.6) is 0 Å². The summed E-state index contributed by atoms with van der Waals surface area (Å²) in [6.45, 7) is 2.54. The van der Waals surface area contributed by atoms with E-state index in [0.717, 1.165) is 33.4 Å². The van der Waals surface area contributed by atoms with Gasteiger partial charge in [0.15, 0.2) is 5.82 Å². The van der Waals surface area contributed by atoms with E-state index in [-0.39, 0.29) is 17.8 Å². The van der Waals surface area contributed by atoms with Gasteiger partial charge in [-0.15, -0.1) is 0 Å². The molecule has 160 valence electrons. The van der Waals surface area contributed by atoms with E-state index in [1.807, 2.05) is 60.7 Å². The molecule has 2 heterocycles. The molecule has 32 heavy (non-hydrogen) atoms. The molecule has 0 saturated carbocycles. The second-order valence-electron chi connectivity index (χ2n) is 8.05. The number of amides is 1. The van der Waals surface area contributed by atoms with Gasteiger partial charge < -0.3 is 10.2 Å². The molecule has 6 heteroatoms. The Morgan fingerprint density at radius 3 is 2.62 bits per heavy atom. The third kappa shape index (κ3) is 3.91. The fourth-order valence-electron chi connectivity index (χ4n) is 4.26. The van der Waals surface area contributed by atoms with E-state index < -0.39 is 0 Å². The molecule has 1 N–H and O–H groups in total. The van der Waals surface area contributed by atoms with Gasteiger partial charge in [0.1, 0.15) is 11.6 Å². The standard InChI is InChI=1S/C26H23FN4O/c1-17(32)31-14-13-24(21-12-11-20(27)15-19(21)16-31)29-26-22-9-5-6-10-23(22)28-25(30-26)18-7-3-2-4-8-18/h2-12,15,24H,13-14,16H2,1H3,(H,28,29,30). The fraction of sp³-hybridized carbons (Fsp3) is 0.192. The van der Waals surface area contributed by atoms with Crippen molar-refractivity contribution in [1.82, 2.24) is 14.9 Å². The second kappa shape index (κ2) is 8.38. The molecular formula is C26H23FN4O. The van der Waals surface area contributed by atoms with Crippen LogP contribution in [0.25, 0.3) is 22.3 Å². The molecule has 1 amide bonds. The quantitative estimate of drug-likeness (QED) is 0.480. The van der Waals surface area contributed by atoms with Crippen molar-refractivity contribution >= 4 is 22.6 Å². The molecule has 0 spiro atoms. The second-order valence-corrected chi connectivity index (χ2v) is 8.05. The number of aromatic nitrogens is 2. The average molecular weight is 426 g/mol. The normalized spacial score (nSPS) is 15.8. The molecule has 1 unspecified atom stereocenters. The number of fused-ring (bicyclic) bond motifs is 2. The number of nitrogens with one attached hydrogen (secondary N) is 1. The van der Waals surface area contributed by atoms with Crippen LogP contribution in [0.1, 0.15) is 30.5 Å². The molecule has 0 radical (unpaired) electrons. The number of nitrogens with zero attached hydrogens (tertiary/aromatic N) is 3. The van der Waals surface area contributed by atoms with E-state index in [9.17, 15) is 9.18 Å². The van der Waals surface area contributed by atoms with Crippen molar-refractivity contribution in [1.29, 1.82) is 0 Å². The highest BCUT2D eigenvalue weighted by Crippen LogP contribution is 2.33. The largest absolute Gasteiger partial charge is 0.363 e. The minimum absolute atomic E-state index is 0.0142. The molecule has 5 nitrogen and oxygen atoms in total. The van der Waals surface area contributed by atoms with E-state index in [4.69, 9.17) is 9.97 Å². The summed E-state index contributed by atoms with van der Waals surface area (Å²) in [6, 6.07) is 22.5. The Hall–Kier alpha value is -3.80. The van der Waals surface area contributed by atoms with Crippen LogP contribution in [0, 0.1) is 5.82 Å². The minimum Gasteiger partial charge on any atom is -0.363 e. The van der Waals surface area contributed by atoms with Crippen LogP contribution in [0.3, 0.4) is 0 Å². The summed E-state index contributed by atoms with van der Waals surface area (Å²) < 4.78 is 14.0. The van der Waals surface area contributed by atoms with E-state index in [2.05, 4.69) is 5.32 Å². The maximum absolute atomic E-state index is 14.0. The Kier molecular flexibility index (Phi) is 5.27. The van der Waals surface area contributed by atoms with Gasteiger partial charge in [0.05, 0.1) is 11.6 Å². The maximum atomic E-state index is 14.0. The molecule has 1 atom stereocenters. The fourth-order valence-corrected chi connectivity index (χ4v) is 4.26. The molecule has 4 aromatic rings. The summed E-state index contributed by atoms with van der Waals surface area (Å²) in [5, 5.41) is 4.52. The number of halogens is 1. The Labute approximate surface area is 185 Å². The monoisotopic (exact) mass is 426 g/mol. The van der Waals surface area contributed by atoms with Crippen LogP contribution >= 0.6 is 0 Å². The smallest absolute Gasteiger partial charge is 0.219 e. The molecule has 3 aromatic carbocycles. The third-order valence-electron chi connectivity index (χ3n) is 5.92. The van der Waals surface area contributed by atoms with E-state index in [1.165, 1.54) is 12.1 Å². The van der Waals surface area contributed by atoms with Gasteiger partial charge in [-0.25, -0.2) is 14.4 Å². The van der Waals surface area contributed by atoms with Crippen molar-refractivity contribution in [2.45, 2.75) is 25.9 Å². The Morgan fingerprint density at radius 2 is 1.81 bits per heavy atom. The van der Waals surface area contributed by atoms with E-state index >= 15 is 0 Å². The number of benzene rings is 3. The molecule has 0 saturated heterocycles. The van der Waals surface area contributed by atoms with Gasteiger partial charge in [-0.2, -0.15) is 0 Å². The molecular weight excluding hydrogens is 403 g/mol. The first-order valence-corrected chi connectivity index (χ1v) is 10.7. The van der Waals surface area contributed by atoms with Crippen LogP contribution in [-0.4, -0.2) is 27.3 Å². The number of anilines is 1. The number of para-hydroxylation sites is 1. The summed E-state index contributed by atoms with van der Waals surface area (Å²) in [5.74, 6) is 1.06. The van der Waals surface area contributed by atoms with Gasteiger partial charge in [-0.05, 0) is 41.8 Å². The lowest BCUT2D eigenvalue weighted by Gasteiger charge is -2.21. The van der Waals surface area contributed by atoms with E-state index in [0.29, 0.717) is 25.3 Å². The van der Waals surface area contributed by atoms with Crippen LogP contribution in [0.15, 0.2) is 72.8 Å². The minimum atomic E-state index is -0.299. The first-order chi connectivity index (χ1) is 15.6. The van der Waals surface area contributed by atoms with Crippen molar-refractivity contribution in [3.8, 4) is 11.4 Å². The van der Waals surface area contributed by atoms with Gasteiger partial charge in [0, 0.05) is 31.0 Å². The number of carbonyl (C=O) groups excluding carboxylic acids is 1. The maximum Gasteiger partial charge on any atom is 0.219 e. The lowest BCUT2D eigenvalue weighted by molar-refractivity contribution is -0.129. The van der Waals surface area contributed by atoms with Gasteiger partial charge in [-0.3, -0.25) is 4.79 Å². The summed E-state index contributed by atoms with van der Waals surface area (Å²) in [5.41, 5.74) is 3.59. The van der Waals surface area contributed by atoms with Crippen molar-refractivity contribution < 1.29 is 9.18 Å². The van der Waals surface area contributed by atoms with Crippen LogP contribution in [0.2, 0.25) is 0 Å². The van der Waals surface area contributed by atoms with Gasteiger partial charge >= 0.3 is 0 Å². The van der Waals surface area contributed by atoms with Gasteiger partial charge in [0.2, 0.25) is 5.91 Å². The lowest BCUT2D eigenvalue weighted by atomic mass is 9.99. The highest BCUT2D eigenvalue weighted by molar-refractivity contribution is 5.90. The summed E-state index contributed by atoms with van der Waals surface area (Å²) in [4.78, 5) is 23.5. The Balaban J connectivity index is 1.59. The van der Waals surface area contributed by atoms with Crippen molar-refractivity contribution in [2.24, 2.45) is 0 Å². The summed E-state index contributed by atoms with van der Waals surface area (Å²) in [7, 11) is 0. The predicted molar refractivity (Wildman–Crippen MR) is 123 cm³/mol. The molecule has 1 aliphatic heterocycles. The zero-order chi connectivity index (χ0) is 22.1. The molecule has 0 bridgehead atoms.